The minimum absolute atomic E-state index is 0.681. The standard InChI is InChI=1S/C22H17N5/c1-2-15-4-5-16-6-7-18(17(3-1)20(15)16)21-25-19-12-24-27(22(19)26-21)13-14-8-10-23-11-9-14/h1-3,6-12H,4-5,13H2,(H,25,26). The van der Waals surface area contributed by atoms with Crippen LogP contribution < -0.4 is 0 Å². The van der Waals surface area contributed by atoms with Gasteiger partial charge < -0.3 is 4.98 Å². The Morgan fingerprint density at radius 1 is 0.963 bits per heavy atom. The Labute approximate surface area is 155 Å². The van der Waals surface area contributed by atoms with Gasteiger partial charge in [0.15, 0.2) is 5.65 Å². The van der Waals surface area contributed by atoms with E-state index in [1.807, 2.05) is 23.0 Å². The zero-order chi connectivity index (χ0) is 17.8. The molecule has 0 bridgehead atoms. The third-order valence-corrected chi connectivity index (χ3v) is 5.50. The second kappa shape index (κ2) is 5.51. The molecule has 1 aliphatic rings. The molecular weight excluding hydrogens is 334 g/mol. The molecule has 3 aromatic heterocycles. The highest BCUT2D eigenvalue weighted by Gasteiger charge is 2.18. The molecule has 1 aliphatic carbocycles. The Bertz CT molecular complexity index is 1290. The van der Waals surface area contributed by atoms with Crippen LogP contribution in [-0.4, -0.2) is 24.7 Å². The summed E-state index contributed by atoms with van der Waals surface area (Å²) >= 11 is 0. The minimum Gasteiger partial charge on any atom is -0.335 e. The fourth-order valence-corrected chi connectivity index (χ4v) is 4.20. The zero-order valence-electron chi connectivity index (χ0n) is 14.7. The lowest BCUT2D eigenvalue weighted by Gasteiger charge is -2.07. The van der Waals surface area contributed by atoms with Crippen molar-refractivity contribution < 1.29 is 0 Å². The summed E-state index contributed by atoms with van der Waals surface area (Å²) in [6, 6.07) is 15.1. The monoisotopic (exact) mass is 351 g/mol. The van der Waals surface area contributed by atoms with Gasteiger partial charge in [-0.15, -0.1) is 0 Å². The molecule has 0 spiro atoms. The summed E-state index contributed by atoms with van der Waals surface area (Å²) < 4.78 is 1.94. The number of H-pyrrole nitrogens is 1. The van der Waals surface area contributed by atoms with Crippen LogP contribution in [0.15, 0.2) is 61.1 Å². The first-order valence-electron chi connectivity index (χ1n) is 9.21. The molecule has 0 radical (unpaired) electrons. The number of nitrogens with one attached hydrogen (secondary N) is 1. The number of fused-ring (bicyclic) bond motifs is 1. The van der Waals surface area contributed by atoms with Crippen LogP contribution in [0.25, 0.3) is 33.3 Å². The fourth-order valence-electron chi connectivity index (χ4n) is 4.20. The van der Waals surface area contributed by atoms with Crippen molar-refractivity contribution in [1.82, 2.24) is 24.7 Å². The molecule has 1 N–H and O–H groups in total. The van der Waals surface area contributed by atoms with E-state index in [1.54, 1.807) is 12.4 Å². The van der Waals surface area contributed by atoms with Crippen LogP contribution in [0.5, 0.6) is 0 Å². The van der Waals surface area contributed by atoms with Gasteiger partial charge >= 0.3 is 0 Å². The third kappa shape index (κ3) is 2.21. The van der Waals surface area contributed by atoms with Gasteiger partial charge in [0.25, 0.3) is 0 Å². The molecule has 5 nitrogen and oxygen atoms in total. The number of pyridine rings is 1. The van der Waals surface area contributed by atoms with Crippen molar-refractivity contribution in [2.24, 2.45) is 0 Å². The van der Waals surface area contributed by atoms with E-state index < -0.39 is 0 Å². The number of aryl methyl sites for hydroxylation is 2. The highest BCUT2D eigenvalue weighted by atomic mass is 15.3. The van der Waals surface area contributed by atoms with Crippen molar-refractivity contribution >= 4 is 21.9 Å². The average molecular weight is 351 g/mol. The molecule has 0 saturated carbocycles. The van der Waals surface area contributed by atoms with Gasteiger partial charge in [0, 0.05) is 18.0 Å². The van der Waals surface area contributed by atoms with Crippen molar-refractivity contribution in [2.75, 3.05) is 0 Å². The fraction of sp³-hybridized carbons (Fsp3) is 0.136. The molecule has 2 aromatic carbocycles. The van der Waals surface area contributed by atoms with E-state index >= 15 is 0 Å². The van der Waals surface area contributed by atoms with Crippen LogP contribution in [0.4, 0.5) is 0 Å². The van der Waals surface area contributed by atoms with Gasteiger partial charge in [-0.3, -0.25) is 4.98 Å². The Balaban J connectivity index is 1.49. The van der Waals surface area contributed by atoms with Crippen molar-refractivity contribution in [3.8, 4) is 11.4 Å². The summed E-state index contributed by atoms with van der Waals surface area (Å²) in [4.78, 5) is 12.4. The van der Waals surface area contributed by atoms with Crippen LogP contribution in [0.1, 0.15) is 16.7 Å². The number of nitrogens with zero attached hydrogens (tertiary/aromatic N) is 4. The lowest BCUT2D eigenvalue weighted by atomic mass is 10.00. The quantitative estimate of drug-likeness (QED) is 0.532. The molecule has 5 aromatic rings. The summed E-state index contributed by atoms with van der Waals surface area (Å²) in [5, 5.41) is 7.18. The summed E-state index contributed by atoms with van der Waals surface area (Å²) in [6.07, 6.45) is 7.74. The molecule has 5 heteroatoms. The number of hydrogen-bond acceptors (Lipinski definition) is 3. The number of aromatic amines is 1. The maximum absolute atomic E-state index is 4.90. The molecule has 3 heterocycles. The Hall–Kier alpha value is -3.47. The van der Waals surface area contributed by atoms with Gasteiger partial charge in [-0.25, -0.2) is 9.67 Å². The van der Waals surface area contributed by atoms with Gasteiger partial charge in [0.05, 0.1) is 12.7 Å². The third-order valence-electron chi connectivity index (χ3n) is 5.50. The number of imidazole rings is 1. The summed E-state index contributed by atoms with van der Waals surface area (Å²) in [5.41, 5.74) is 7.05. The Morgan fingerprint density at radius 2 is 1.81 bits per heavy atom. The number of benzene rings is 2. The van der Waals surface area contributed by atoms with E-state index in [2.05, 4.69) is 45.4 Å². The van der Waals surface area contributed by atoms with E-state index in [4.69, 9.17) is 4.98 Å². The lowest BCUT2D eigenvalue weighted by molar-refractivity contribution is 0.704. The topological polar surface area (TPSA) is 59.4 Å². The van der Waals surface area contributed by atoms with Crippen LogP contribution in [0.2, 0.25) is 0 Å². The Kier molecular flexibility index (Phi) is 3.00. The predicted octanol–water partition coefficient (Wildman–Crippen LogP) is 4.12. The summed E-state index contributed by atoms with van der Waals surface area (Å²) in [7, 11) is 0. The first-order valence-corrected chi connectivity index (χ1v) is 9.21. The maximum atomic E-state index is 4.90. The van der Waals surface area contributed by atoms with E-state index in [1.165, 1.54) is 21.9 Å². The van der Waals surface area contributed by atoms with Gasteiger partial charge in [-0.2, -0.15) is 5.10 Å². The van der Waals surface area contributed by atoms with Crippen molar-refractivity contribution in [1.29, 1.82) is 0 Å². The van der Waals surface area contributed by atoms with Gasteiger partial charge in [-0.05, 0) is 52.4 Å². The first-order chi connectivity index (χ1) is 13.4. The van der Waals surface area contributed by atoms with Crippen molar-refractivity contribution in [3.63, 3.8) is 0 Å². The number of rotatable bonds is 3. The van der Waals surface area contributed by atoms with E-state index in [9.17, 15) is 0 Å². The second-order valence-electron chi connectivity index (χ2n) is 7.09. The molecular formula is C22H17N5. The van der Waals surface area contributed by atoms with E-state index in [0.717, 1.165) is 41.0 Å². The van der Waals surface area contributed by atoms with Crippen LogP contribution in [-0.2, 0) is 19.4 Å². The molecule has 6 rings (SSSR count). The van der Waals surface area contributed by atoms with Crippen molar-refractivity contribution in [3.05, 3.63) is 77.7 Å². The van der Waals surface area contributed by atoms with Crippen molar-refractivity contribution in [2.45, 2.75) is 19.4 Å². The summed E-state index contributed by atoms with van der Waals surface area (Å²) in [6.45, 7) is 0.681. The van der Waals surface area contributed by atoms with Crippen LogP contribution in [0.3, 0.4) is 0 Å². The molecule has 0 saturated heterocycles. The molecule has 0 unspecified atom stereocenters. The van der Waals surface area contributed by atoms with Gasteiger partial charge in [-0.1, -0.05) is 30.3 Å². The lowest BCUT2D eigenvalue weighted by Crippen LogP contribution is -2.01. The SMILES string of the molecule is c1cc2c3c(ccc(-c4nc5c(cnn5Cc5ccncc5)[nH]4)c3c1)CC2. The molecule has 0 aliphatic heterocycles. The largest absolute Gasteiger partial charge is 0.335 e. The van der Waals surface area contributed by atoms with Gasteiger partial charge in [0.2, 0.25) is 0 Å². The average Bonchev–Trinajstić information content (AvgIpc) is 3.40. The second-order valence-corrected chi connectivity index (χ2v) is 7.09. The molecule has 130 valence electrons. The minimum atomic E-state index is 0.681. The molecule has 0 amide bonds. The Morgan fingerprint density at radius 3 is 2.70 bits per heavy atom. The normalized spacial score (nSPS) is 13.0. The number of aromatic nitrogens is 5. The highest BCUT2D eigenvalue weighted by molar-refractivity contribution is 6.01. The molecule has 0 fully saturated rings. The molecule has 0 atom stereocenters. The van der Waals surface area contributed by atoms with E-state index in [0.29, 0.717) is 6.54 Å². The smallest absolute Gasteiger partial charge is 0.177 e. The first kappa shape index (κ1) is 14.7. The molecule has 27 heavy (non-hydrogen) atoms. The van der Waals surface area contributed by atoms with Crippen LogP contribution in [0, 0.1) is 0 Å². The van der Waals surface area contributed by atoms with Crippen LogP contribution >= 0.6 is 0 Å². The zero-order valence-corrected chi connectivity index (χ0v) is 14.7. The van der Waals surface area contributed by atoms with Gasteiger partial charge in [0.1, 0.15) is 11.3 Å². The maximum Gasteiger partial charge on any atom is 0.177 e. The highest BCUT2D eigenvalue weighted by Crippen LogP contribution is 2.36. The van der Waals surface area contributed by atoms with E-state index in [-0.39, 0.29) is 0 Å². The summed E-state index contributed by atoms with van der Waals surface area (Å²) in [5.74, 6) is 0.904. The number of hydrogen-bond donors (Lipinski definition) is 1. The predicted molar refractivity (Wildman–Crippen MR) is 106 cm³/mol.